The summed E-state index contributed by atoms with van der Waals surface area (Å²) in [7, 11) is 9.82. The van der Waals surface area contributed by atoms with Crippen LogP contribution in [0.5, 0.6) is 28.7 Å². The molecule has 6 nitrogen and oxygen atoms in total. The highest BCUT2D eigenvalue weighted by Gasteiger charge is 2.23. The van der Waals surface area contributed by atoms with E-state index in [2.05, 4.69) is 0 Å². The molecule has 0 bridgehead atoms. The summed E-state index contributed by atoms with van der Waals surface area (Å²) in [6.07, 6.45) is 3.60. The Morgan fingerprint density at radius 3 is 1.67 bits per heavy atom. The molecule has 0 aliphatic carbocycles. The van der Waals surface area contributed by atoms with E-state index in [0.29, 0.717) is 23.0 Å². The van der Waals surface area contributed by atoms with Crippen molar-refractivity contribution in [1.82, 2.24) is 0 Å². The Balaban J connectivity index is 2.15. The number of benzene rings is 3. The first kappa shape index (κ1) is 24.0. The molecule has 0 N–H and O–H groups in total. The Labute approximate surface area is 195 Å². The maximum absolute atomic E-state index is 5.98. The van der Waals surface area contributed by atoms with Gasteiger partial charge in [-0.25, -0.2) is 0 Å². The van der Waals surface area contributed by atoms with Crippen LogP contribution in [-0.4, -0.2) is 42.7 Å². The SMILES string of the molecule is COc1ccc(/C=C/c2cc(OC)cc(OC)c2C(OC)c2cc(OC)cc(OC)c2)cc1. The van der Waals surface area contributed by atoms with Gasteiger partial charge in [0, 0.05) is 24.8 Å². The van der Waals surface area contributed by atoms with Gasteiger partial charge in [-0.15, -0.1) is 0 Å². The van der Waals surface area contributed by atoms with E-state index < -0.39 is 6.10 Å². The van der Waals surface area contributed by atoms with Gasteiger partial charge in [0.1, 0.15) is 34.9 Å². The Kier molecular flexibility index (Phi) is 8.22. The molecule has 0 aliphatic rings. The molecular weight excluding hydrogens is 420 g/mol. The summed E-state index contributed by atoms with van der Waals surface area (Å²) < 4.78 is 33.4. The topological polar surface area (TPSA) is 55.4 Å². The van der Waals surface area contributed by atoms with Crippen molar-refractivity contribution in [3.8, 4) is 28.7 Å². The zero-order chi connectivity index (χ0) is 23.8. The molecule has 3 aromatic rings. The van der Waals surface area contributed by atoms with Crippen LogP contribution in [0.2, 0.25) is 0 Å². The predicted molar refractivity (Wildman–Crippen MR) is 130 cm³/mol. The number of ether oxygens (including phenoxy) is 6. The highest BCUT2D eigenvalue weighted by molar-refractivity contribution is 5.74. The second kappa shape index (κ2) is 11.3. The third-order valence-electron chi connectivity index (χ3n) is 5.35. The second-order valence-corrected chi connectivity index (χ2v) is 7.20. The van der Waals surface area contributed by atoms with Crippen molar-refractivity contribution in [2.75, 3.05) is 42.7 Å². The summed E-state index contributed by atoms with van der Waals surface area (Å²) >= 11 is 0. The second-order valence-electron chi connectivity index (χ2n) is 7.20. The Morgan fingerprint density at radius 1 is 0.576 bits per heavy atom. The maximum Gasteiger partial charge on any atom is 0.129 e. The molecule has 3 rings (SSSR count). The van der Waals surface area contributed by atoms with E-state index in [1.165, 1.54) is 0 Å². The molecule has 33 heavy (non-hydrogen) atoms. The molecule has 0 heterocycles. The molecule has 1 unspecified atom stereocenters. The van der Waals surface area contributed by atoms with Gasteiger partial charge in [0.05, 0.1) is 35.5 Å². The van der Waals surface area contributed by atoms with Crippen LogP contribution in [-0.2, 0) is 4.74 Å². The molecule has 6 heteroatoms. The molecule has 1 atom stereocenters. The van der Waals surface area contributed by atoms with Crippen molar-refractivity contribution in [3.63, 3.8) is 0 Å². The standard InChI is InChI=1S/C27H30O6/c1-28-21-11-8-18(9-12-21)7-10-19-13-24(31-4)17-25(32-5)26(19)27(33-6)20-14-22(29-2)16-23(15-20)30-3/h7-17,27H,1-6H3/b10-7+. The zero-order valence-electron chi connectivity index (χ0n) is 19.9. The monoisotopic (exact) mass is 450 g/mol. The van der Waals surface area contributed by atoms with Gasteiger partial charge in [-0.2, -0.15) is 0 Å². The molecular formula is C27H30O6. The summed E-state index contributed by atoms with van der Waals surface area (Å²) in [6, 6.07) is 17.3. The van der Waals surface area contributed by atoms with Gasteiger partial charge in [0.15, 0.2) is 0 Å². The molecule has 0 radical (unpaired) electrons. The van der Waals surface area contributed by atoms with Gasteiger partial charge in [-0.05, 0) is 47.0 Å². The van der Waals surface area contributed by atoms with Crippen LogP contribution in [0.15, 0.2) is 54.6 Å². The predicted octanol–water partition coefficient (Wildman–Crippen LogP) is 5.64. The fourth-order valence-corrected chi connectivity index (χ4v) is 3.63. The van der Waals surface area contributed by atoms with Crippen molar-refractivity contribution in [1.29, 1.82) is 0 Å². The molecule has 0 aliphatic heterocycles. The highest BCUT2D eigenvalue weighted by Crippen LogP contribution is 2.41. The first-order valence-electron chi connectivity index (χ1n) is 10.4. The van der Waals surface area contributed by atoms with Gasteiger partial charge >= 0.3 is 0 Å². The van der Waals surface area contributed by atoms with E-state index in [1.807, 2.05) is 66.7 Å². The molecule has 0 aromatic heterocycles. The van der Waals surface area contributed by atoms with Crippen LogP contribution in [0.4, 0.5) is 0 Å². The lowest BCUT2D eigenvalue weighted by Crippen LogP contribution is -2.09. The summed E-state index contributed by atoms with van der Waals surface area (Å²) in [6.45, 7) is 0. The normalized spacial score (nSPS) is 11.8. The van der Waals surface area contributed by atoms with E-state index >= 15 is 0 Å². The molecule has 0 amide bonds. The summed E-state index contributed by atoms with van der Waals surface area (Å²) in [4.78, 5) is 0. The minimum absolute atomic E-state index is 0.439. The third-order valence-corrected chi connectivity index (χ3v) is 5.35. The summed E-state index contributed by atoms with van der Waals surface area (Å²) in [5.74, 6) is 3.49. The van der Waals surface area contributed by atoms with Gasteiger partial charge < -0.3 is 28.4 Å². The van der Waals surface area contributed by atoms with Gasteiger partial charge in [0.25, 0.3) is 0 Å². The summed E-state index contributed by atoms with van der Waals surface area (Å²) in [5, 5.41) is 0. The maximum atomic E-state index is 5.98. The average molecular weight is 451 g/mol. The molecule has 0 spiro atoms. The average Bonchev–Trinajstić information content (AvgIpc) is 2.88. The quantitative estimate of drug-likeness (QED) is 0.373. The Bertz CT molecular complexity index is 1070. The van der Waals surface area contributed by atoms with Crippen LogP contribution in [0, 0.1) is 0 Å². The van der Waals surface area contributed by atoms with E-state index in [-0.39, 0.29) is 0 Å². The number of hydrogen-bond acceptors (Lipinski definition) is 6. The van der Waals surface area contributed by atoms with E-state index in [4.69, 9.17) is 28.4 Å². The lowest BCUT2D eigenvalue weighted by atomic mass is 9.94. The Morgan fingerprint density at radius 2 is 1.15 bits per heavy atom. The van der Waals surface area contributed by atoms with E-state index in [1.54, 1.807) is 42.7 Å². The van der Waals surface area contributed by atoms with Gasteiger partial charge in [-0.3, -0.25) is 0 Å². The van der Waals surface area contributed by atoms with Crippen LogP contribution in [0.1, 0.15) is 28.4 Å². The molecule has 0 saturated carbocycles. The van der Waals surface area contributed by atoms with Crippen LogP contribution >= 0.6 is 0 Å². The lowest BCUT2D eigenvalue weighted by Gasteiger charge is -2.23. The van der Waals surface area contributed by atoms with E-state index in [0.717, 1.165) is 28.0 Å². The number of hydrogen-bond donors (Lipinski definition) is 0. The molecule has 0 fully saturated rings. The van der Waals surface area contributed by atoms with E-state index in [9.17, 15) is 0 Å². The van der Waals surface area contributed by atoms with Crippen LogP contribution in [0.25, 0.3) is 12.2 Å². The summed E-state index contributed by atoms with van der Waals surface area (Å²) in [5.41, 5.74) is 3.66. The first-order valence-corrected chi connectivity index (χ1v) is 10.4. The van der Waals surface area contributed by atoms with Crippen LogP contribution < -0.4 is 23.7 Å². The van der Waals surface area contributed by atoms with Gasteiger partial charge in [0.2, 0.25) is 0 Å². The van der Waals surface area contributed by atoms with Gasteiger partial charge in [-0.1, -0.05) is 24.3 Å². The number of methoxy groups -OCH3 is 6. The van der Waals surface area contributed by atoms with Crippen molar-refractivity contribution >= 4 is 12.2 Å². The molecule has 3 aromatic carbocycles. The fourth-order valence-electron chi connectivity index (χ4n) is 3.63. The van der Waals surface area contributed by atoms with Crippen molar-refractivity contribution in [3.05, 3.63) is 76.9 Å². The highest BCUT2D eigenvalue weighted by atomic mass is 16.5. The largest absolute Gasteiger partial charge is 0.497 e. The fraction of sp³-hybridized carbons (Fsp3) is 0.259. The van der Waals surface area contributed by atoms with Crippen molar-refractivity contribution in [2.24, 2.45) is 0 Å². The number of rotatable bonds is 10. The van der Waals surface area contributed by atoms with Crippen molar-refractivity contribution < 1.29 is 28.4 Å². The Hall–Kier alpha value is -3.64. The first-order chi connectivity index (χ1) is 16.1. The van der Waals surface area contributed by atoms with Crippen molar-refractivity contribution in [2.45, 2.75) is 6.10 Å². The van der Waals surface area contributed by atoms with Crippen LogP contribution in [0.3, 0.4) is 0 Å². The molecule has 0 saturated heterocycles. The minimum atomic E-state index is -0.439. The minimum Gasteiger partial charge on any atom is -0.497 e. The zero-order valence-corrected chi connectivity index (χ0v) is 19.9. The third kappa shape index (κ3) is 5.59. The molecule has 174 valence electrons. The smallest absolute Gasteiger partial charge is 0.129 e. The lowest BCUT2D eigenvalue weighted by molar-refractivity contribution is 0.133.